The molecule has 0 spiro atoms. The van der Waals surface area contributed by atoms with Gasteiger partial charge in [-0.15, -0.1) is 0 Å². The van der Waals surface area contributed by atoms with E-state index in [-0.39, 0.29) is 12.4 Å². The largest absolute Gasteiger partial charge is 0.390 e. The Morgan fingerprint density at radius 2 is 2.05 bits per heavy atom. The summed E-state index contributed by atoms with van der Waals surface area (Å²) in [6, 6.07) is 7.73. The molecular weight excluding hydrogens is 272 g/mol. The predicted molar refractivity (Wildman–Crippen MR) is 80.0 cm³/mol. The monoisotopic (exact) mass is 290 g/mol. The number of rotatable bonds is 6. The highest BCUT2D eigenvalue weighted by Gasteiger charge is 2.10. The first-order valence-corrected chi connectivity index (χ1v) is 7.50. The highest BCUT2D eigenvalue weighted by molar-refractivity contribution is 7.99. The predicted octanol–water partition coefficient (Wildman–Crippen LogP) is 2.45. The maximum atomic E-state index is 12.1. The van der Waals surface area contributed by atoms with Crippen molar-refractivity contribution in [2.45, 2.75) is 25.1 Å². The summed E-state index contributed by atoms with van der Waals surface area (Å²) in [5, 5.41) is 9.84. The molecular formula is C15H18N2O2S. The molecule has 0 saturated heterocycles. The van der Waals surface area contributed by atoms with E-state index in [0.717, 1.165) is 22.8 Å². The topological polar surface area (TPSA) is 55.1 Å². The first kappa shape index (κ1) is 14.8. The van der Waals surface area contributed by atoms with Crippen LogP contribution in [0, 0.1) is 0 Å². The third kappa shape index (κ3) is 3.29. The summed E-state index contributed by atoms with van der Waals surface area (Å²) in [6.45, 7) is 2.04. The molecule has 1 heterocycles. The van der Waals surface area contributed by atoms with Crippen molar-refractivity contribution in [1.29, 1.82) is 0 Å². The summed E-state index contributed by atoms with van der Waals surface area (Å²) in [7, 11) is 1.83. The molecule has 1 N–H and O–H groups in total. The van der Waals surface area contributed by atoms with Gasteiger partial charge < -0.3 is 9.67 Å². The number of hydrogen-bond acceptors (Lipinski definition) is 4. The van der Waals surface area contributed by atoms with Crippen molar-refractivity contribution in [3.8, 4) is 0 Å². The number of hydrogen-bond donors (Lipinski definition) is 1. The highest BCUT2D eigenvalue weighted by atomic mass is 32.2. The van der Waals surface area contributed by atoms with Crippen LogP contribution in [0.3, 0.4) is 0 Å². The molecule has 1 aromatic carbocycles. The van der Waals surface area contributed by atoms with Crippen LogP contribution in [0.4, 0.5) is 0 Å². The average Bonchev–Trinajstić information content (AvgIpc) is 2.85. The van der Waals surface area contributed by atoms with Crippen molar-refractivity contribution >= 4 is 17.5 Å². The van der Waals surface area contributed by atoms with Crippen molar-refractivity contribution < 1.29 is 9.90 Å². The van der Waals surface area contributed by atoms with Gasteiger partial charge in [0.05, 0.1) is 24.3 Å². The second-order valence-electron chi connectivity index (χ2n) is 4.51. The first-order chi connectivity index (χ1) is 9.65. The van der Waals surface area contributed by atoms with Gasteiger partial charge >= 0.3 is 0 Å². The SMILES string of the molecule is CCc1ccc(C(=O)CSc2ncc(CO)n2C)cc1. The third-order valence-corrected chi connectivity index (χ3v) is 4.26. The molecule has 4 nitrogen and oxygen atoms in total. The lowest BCUT2D eigenvalue weighted by atomic mass is 10.1. The molecule has 0 aliphatic carbocycles. The van der Waals surface area contributed by atoms with Crippen molar-refractivity contribution in [2.75, 3.05) is 5.75 Å². The first-order valence-electron chi connectivity index (χ1n) is 6.52. The van der Waals surface area contributed by atoms with E-state index in [9.17, 15) is 4.79 Å². The summed E-state index contributed by atoms with van der Waals surface area (Å²) < 4.78 is 1.80. The number of nitrogens with zero attached hydrogens (tertiary/aromatic N) is 2. The van der Waals surface area contributed by atoms with Gasteiger partial charge in [0.15, 0.2) is 10.9 Å². The van der Waals surface area contributed by atoms with Crippen LogP contribution in [0.2, 0.25) is 0 Å². The molecule has 0 fully saturated rings. The second-order valence-corrected chi connectivity index (χ2v) is 5.45. The van der Waals surface area contributed by atoms with Crippen molar-refractivity contribution in [1.82, 2.24) is 9.55 Å². The van der Waals surface area contributed by atoms with E-state index >= 15 is 0 Å². The zero-order chi connectivity index (χ0) is 14.5. The third-order valence-electron chi connectivity index (χ3n) is 3.22. The fourth-order valence-electron chi connectivity index (χ4n) is 1.85. The van der Waals surface area contributed by atoms with Crippen LogP contribution in [0.1, 0.15) is 28.5 Å². The van der Waals surface area contributed by atoms with E-state index in [1.54, 1.807) is 10.8 Å². The van der Waals surface area contributed by atoms with Crippen molar-refractivity contribution in [2.24, 2.45) is 7.05 Å². The normalized spacial score (nSPS) is 10.8. The van der Waals surface area contributed by atoms with Crippen LogP contribution in [0.25, 0.3) is 0 Å². The Labute approximate surface area is 122 Å². The number of ketones is 1. The van der Waals surface area contributed by atoms with Crippen LogP contribution in [0.15, 0.2) is 35.6 Å². The number of carbonyl (C=O) groups is 1. The molecule has 0 amide bonds. The standard InChI is InChI=1S/C15H18N2O2S/c1-3-11-4-6-12(7-5-11)14(19)10-20-15-16-8-13(9-18)17(15)2/h4-8,18H,3,9-10H2,1-2H3. The highest BCUT2D eigenvalue weighted by Crippen LogP contribution is 2.19. The van der Waals surface area contributed by atoms with Crippen LogP contribution >= 0.6 is 11.8 Å². The van der Waals surface area contributed by atoms with Gasteiger partial charge in [0.2, 0.25) is 0 Å². The van der Waals surface area contributed by atoms with Gasteiger partial charge in [-0.05, 0) is 12.0 Å². The molecule has 0 bridgehead atoms. The number of carbonyl (C=O) groups excluding carboxylic acids is 1. The lowest BCUT2D eigenvalue weighted by Gasteiger charge is -2.04. The number of aryl methyl sites for hydroxylation is 1. The molecule has 0 aliphatic rings. The minimum atomic E-state index is -0.0452. The molecule has 1 aromatic heterocycles. The molecule has 2 rings (SSSR count). The summed E-state index contributed by atoms with van der Waals surface area (Å²) in [5.74, 6) is 0.437. The molecule has 0 atom stereocenters. The van der Waals surface area contributed by atoms with E-state index in [1.807, 2.05) is 31.3 Å². The Kier molecular flexibility index (Phi) is 4.98. The Balaban J connectivity index is 1.98. The van der Waals surface area contributed by atoms with Crippen molar-refractivity contribution in [3.05, 3.63) is 47.3 Å². The summed E-state index contributed by atoms with van der Waals surface area (Å²) in [6.07, 6.45) is 2.60. The quantitative estimate of drug-likeness (QED) is 0.656. The Hall–Kier alpha value is -1.59. The lowest BCUT2D eigenvalue weighted by Crippen LogP contribution is -2.04. The number of Topliss-reactive ketones (excluding diaryl/α,β-unsaturated/α-hetero) is 1. The van der Waals surface area contributed by atoms with E-state index in [0.29, 0.717) is 5.75 Å². The average molecular weight is 290 g/mol. The van der Waals surface area contributed by atoms with Gasteiger partial charge in [0.25, 0.3) is 0 Å². The Morgan fingerprint density at radius 3 is 2.60 bits per heavy atom. The van der Waals surface area contributed by atoms with E-state index in [1.165, 1.54) is 17.3 Å². The zero-order valence-electron chi connectivity index (χ0n) is 11.7. The van der Waals surface area contributed by atoms with Gasteiger partial charge in [-0.2, -0.15) is 0 Å². The van der Waals surface area contributed by atoms with E-state index in [2.05, 4.69) is 11.9 Å². The summed E-state index contributed by atoms with van der Waals surface area (Å²) in [4.78, 5) is 16.3. The molecule has 0 aliphatic heterocycles. The molecule has 0 radical (unpaired) electrons. The van der Waals surface area contributed by atoms with Crippen LogP contribution in [0.5, 0.6) is 0 Å². The summed E-state index contributed by atoms with van der Waals surface area (Å²) >= 11 is 1.39. The number of aliphatic hydroxyl groups excluding tert-OH is 1. The number of thioether (sulfide) groups is 1. The van der Waals surface area contributed by atoms with Gasteiger partial charge in [-0.1, -0.05) is 43.0 Å². The van der Waals surface area contributed by atoms with Gasteiger partial charge in [-0.3, -0.25) is 4.79 Å². The van der Waals surface area contributed by atoms with Gasteiger partial charge in [-0.25, -0.2) is 4.98 Å². The molecule has 106 valence electrons. The fourth-order valence-corrected chi connectivity index (χ4v) is 2.71. The van der Waals surface area contributed by atoms with E-state index < -0.39 is 0 Å². The number of imidazole rings is 1. The molecule has 5 heteroatoms. The van der Waals surface area contributed by atoms with Gasteiger partial charge in [0, 0.05) is 12.6 Å². The fraction of sp³-hybridized carbons (Fsp3) is 0.333. The minimum absolute atomic E-state index is 0.0452. The smallest absolute Gasteiger partial charge is 0.173 e. The van der Waals surface area contributed by atoms with E-state index in [4.69, 9.17) is 5.11 Å². The van der Waals surface area contributed by atoms with Crippen LogP contribution in [-0.4, -0.2) is 26.2 Å². The van der Waals surface area contributed by atoms with Crippen molar-refractivity contribution in [3.63, 3.8) is 0 Å². The summed E-state index contributed by atoms with van der Waals surface area (Å²) in [5.41, 5.74) is 2.70. The molecule has 2 aromatic rings. The van der Waals surface area contributed by atoms with Gasteiger partial charge in [0.1, 0.15) is 0 Å². The Bertz CT molecular complexity index is 590. The molecule has 0 saturated carbocycles. The van der Waals surface area contributed by atoms with Crippen LogP contribution < -0.4 is 0 Å². The number of benzene rings is 1. The van der Waals surface area contributed by atoms with Crippen LogP contribution in [-0.2, 0) is 20.1 Å². The number of aliphatic hydroxyl groups is 1. The zero-order valence-corrected chi connectivity index (χ0v) is 12.5. The second kappa shape index (κ2) is 6.72. The molecule has 20 heavy (non-hydrogen) atoms. The Morgan fingerprint density at radius 1 is 1.35 bits per heavy atom. The maximum Gasteiger partial charge on any atom is 0.173 e. The lowest BCUT2D eigenvalue weighted by molar-refractivity contribution is 0.102. The maximum absolute atomic E-state index is 12.1. The molecule has 0 unspecified atom stereocenters. The minimum Gasteiger partial charge on any atom is -0.390 e. The number of aromatic nitrogens is 2.